The number of nitrogens with zero attached hydrogens (tertiary/aromatic N) is 3. The Morgan fingerprint density at radius 1 is 1.10 bits per heavy atom. The van der Waals surface area contributed by atoms with Crippen molar-refractivity contribution in [2.75, 3.05) is 23.3 Å². The summed E-state index contributed by atoms with van der Waals surface area (Å²) in [5, 5.41) is 6.18. The predicted octanol–water partition coefficient (Wildman–Crippen LogP) is 4.11. The van der Waals surface area contributed by atoms with Crippen molar-refractivity contribution in [2.45, 2.75) is 18.9 Å². The Labute approximate surface area is 164 Å². The topological polar surface area (TPSA) is 70.2 Å². The van der Waals surface area contributed by atoms with Gasteiger partial charge in [-0.2, -0.15) is 0 Å². The number of carbonyl (C=O) groups excluding carboxylic acids is 1. The highest BCUT2D eigenvalue weighted by Crippen LogP contribution is 2.29. The smallest absolute Gasteiger partial charge is 0.319 e. The Morgan fingerprint density at radius 3 is 2.62 bits per heavy atom. The normalized spacial score (nSPS) is 16.4. The van der Waals surface area contributed by atoms with Gasteiger partial charge in [0.25, 0.3) is 6.43 Å². The zero-order valence-electron chi connectivity index (χ0n) is 15.3. The third-order valence-electron chi connectivity index (χ3n) is 4.72. The monoisotopic (exact) mass is 401 g/mol. The largest absolute Gasteiger partial charge is 0.354 e. The zero-order valence-corrected chi connectivity index (χ0v) is 15.3. The molecule has 0 radical (unpaired) electrons. The molecule has 1 aliphatic rings. The summed E-state index contributed by atoms with van der Waals surface area (Å²) in [7, 11) is 0. The first kappa shape index (κ1) is 19.0. The molecule has 9 heteroatoms. The first-order valence-corrected chi connectivity index (χ1v) is 9.12. The van der Waals surface area contributed by atoms with E-state index < -0.39 is 18.3 Å². The van der Waals surface area contributed by atoms with E-state index in [0.717, 1.165) is 0 Å². The van der Waals surface area contributed by atoms with Crippen LogP contribution in [0.25, 0.3) is 10.9 Å². The summed E-state index contributed by atoms with van der Waals surface area (Å²) in [6.07, 6.45) is -2.13. The molecule has 0 spiro atoms. The van der Waals surface area contributed by atoms with E-state index in [4.69, 9.17) is 0 Å². The highest BCUT2D eigenvalue weighted by atomic mass is 19.3. The number of anilines is 2. The molecule has 1 aliphatic heterocycles. The average Bonchev–Trinajstić information content (AvgIpc) is 3.17. The maximum Gasteiger partial charge on any atom is 0.319 e. The van der Waals surface area contributed by atoms with Crippen LogP contribution in [-0.4, -0.2) is 35.1 Å². The zero-order chi connectivity index (χ0) is 20.4. The Hall–Kier alpha value is -3.36. The van der Waals surface area contributed by atoms with Crippen LogP contribution in [0.15, 0.2) is 48.5 Å². The second-order valence-corrected chi connectivity index (χ2v) is 6.76. The van der Waals surface area contributed by atoms with Gasteiger partial charge in [-0.15, -0.1) is 0 Å². The quantitative estimate of drug-likeness (QED) is 0.690. The molecule has 4 rings (SSSR count). The molecule has 0 saturated carbocycles. The SMILES string of the molecule is O=C(Nc1ccc(F)cc1)N[C@H]1CCN(c2nc(C(F)F)nc3ccccc23)C1. The summed E-state index contributed by atoms with van der Waals surface area (Å²) in [4.78, 5) is 22.1. The second kappa shape index (κ2) is 7.94. The van der Waals surface area contributed by atoms with Crippen LogP contribution in [0.2, 0.25) is 0 Å². The van der Waals surface area contributed by atoms with Crippen LogP contribution < -0.4 is 15.5 Å². The Balaban J connectivity index is 1.47. The molecule has 1 atom stereocenters. The fourth-order valence-electron chi connectivity index (χ4n) is 3.37. The molecule has 6 nitrogen and oxygen atoms in total. The molecule has 29 heavy (non-hydrogen) atoms. The van der Waals surface area contributed by atoms with Crippen LogP contribution in [0.1, 0.15) is 18.7 Å². The molecule has 1 aromatic heterocycles. The lowest BCUT2D eigenvalue weighted by atomic mass is 10.2. The van der Waals surface area contributed by atoms with Crippen LogP contribution in [-0.2, 0) is 0 Å². The van der Waals surface area contributed by atoms with Gasteiger partial charge in [-0.25, -0.2) is 27.9 Å². The number of hydrogen-bond donors (Lipinski definition) is 2. The first-order chi connectivity index (χ1) is 14.0. The molecular weight excluding hydrogens is 383 g/mol. The van der Waals surface area contributed by atoms with Crippen molar-refractivity contribution in [1.29, 1.82) is 0 Å². The van der Waals surface area contributed by atoms with Crippen LogP contribution in [0.3, 0.4) is 0 Å². The average molecular weight is 401 g/mol. The second-order valence-electron chi connectivity index (χ2n) is 6.76. The highest BCUT2D eigenvalue weighted by Gasteiger charge is 2.27. The van der Waals surface area contributed by atoms with Crippen LogP contribution in [0.4, 0.5) is 29.5 Å². The minimum atomic E-state index is -2.77. The van der Waals surface area contributed by atoms with E-state index in [-0.39, 0.29) is 11.9 Å². The van der Waals surface area contributed by atoms with E-state index in [9.17, 15) is 18.0 Å². The number of amides is 2. The Morgan fingerprint density at radius 2 is 1.86 bits per heavy atom. The van der Waals surface area contributed by atoms with Gasteiger partial charge in [0.2, 0.25) is 0 Å². The van der Waals surface area contributed by atoms with Crippen molar-refractivity contribution in [2.24, 2.45) is 0 Å². The van der Waals surface area contributed by atoms with E-state index in [2.05, 4.69) is 20.6 Å². The molecular formula is C20H18F3N5O. The molecule has 3 aromatic rings. The molecule has 150 valence electrons. The van der Waals surface area contributed by atoms with E-state index >= 15 is 0 Å². The van der Waals surface area contributed by atoms with Crippen LogP contribution in [0.5, 0.6) is 0 Å². The lowest BCUT2D eigenvalue weighted by Crippen LogP contribution is -2.39. The summed E-state index contributed by atoms with van der Waals surface area (Å²) in [5.74, 6) is -0.457. The number of aromatic nitrogens is 2. The van der Waals surface area contributed by atoms with Gasteiger partial charge in [-0.3, -0.25) is 0 Å². The van der Waals surface area contributed by atoms with Crippen molar-refractivity contribution in [3.8, 4) is 0 Å². The van der Waals surface area contributed by atoms with Crippen molar-refractivity contribution in [1.82, 2.24) is 15.3 Å². The molecule has 0 unspecified atom stereocenters. The minimum Gasteiger partial charge on any atom is -0.354 e. The molecule has 2 amide bonds. The number of benzene rings is 2. The van der Waals surface area contributed by atoms with Crippen LogP contribution >= 0.6 is 0 Å². The number of nitrogens with one attached hydrogen (secondary N) is 2. The first-order valence-electron chi connectivity index (χ1n) is 9.12. The number of urea groups is 1. The molecule has 0 bridgehead atoms. The van der Waals surface area contributed by atoms with Crippen LogP contribution in [0, 0.1) is 5.82 Å². The van der Waals surface area contributed by atoms with E-state index in [1.165, 1.54) is 24.3 Å². The molecule has 2 aromatic carbocycles. The summed E-state index contributed by atoms with van der Waals surface area (Å²) in [6.45, 7) is 0.992. The highest BCUT2D eigenvalue weighted by molar-refractivity contribution is 5.91. The summed E-state index contributed by atoms with van der Waals surface area (Å²) < 4.78 is 39.4. The lowest BCUT2D eigenvalue weighted by Gasteiger charge is -2.20. The maximum atomic E-state index is 13.2. The Kier molecular flexibility index (Phi) is 5.20. The third-order valence-corrected chi connectivity index (χ3v) is 4.72. The number of hydrogen-bond acceptors (Lipinski definition) is 4. The van der Waals surface area contributed by atoms with Crippen molar-refractivity contribution in [3.63, 3.8) is 0 Å². The number of carbonyl (C=O) groups is 1. The molecule has 2 heterocycles. The van der Waals surface area contributed by atoms with E-state index in [1.807, 2.05) is 4.90 Å². The summed E-state index contributed by atoms with van der Waals surface area (Å²) >= 11 is 0. The summed E-state index contributed by atoms with van der Waals surface area (Å²) in [6, 6.07) is 11.9. The van der Waals surface area contributed by atoms with Gasteiger partial charge >= 0.3 is 6.03 Å². The number of rotatable bonds is 4. The Bertz CT molecular complexity index is 1030. The van der Waals surface area contributed by atoms with Gasteiger partial charge < -0.3 is 15.5 Å². The minimum absolute atomic E-state index is 0.181. The predicted molar refractivity (Wildman–Crippen MR) is 104 cm³/mol. The van der Waals surface area contributed by atoms with Gasteiger partial charge in [0.1, 0.15) is 11.6 Å². The third kappa shape index (κ3) is 4.23. The van der Waals surface area contributed by atoms with E-state index in [1.54, 1.807) is 24.3 Å². The number of para-hydroxylation sites is 1. The molecule has 2 N–H and O–H groups in total. The van der Waals surface area contributed by atoms with Gasteiger partial charge in [0.05, 0.1) is 5.52 Å². The standard InChI is InChI=1S/C20H18F3N5O/c21-12-5-7-13(8-6-12)24-20(29)25-14-9-10-28(11-14)19-15-3-1-2-4-16(15)26-18(27-19)17(22)23/h1-8,14,17H,9-11H2,(H2,24,25,29)/t14-/m0/s1. The van der Waals surface area contributed by atoms with E-state index in [0.29, 0.717) is 41.9 Å². The maximum absolute atomic E-state index is 13.2. The molecule has 0 aliphatic carbocycles. The number of halogens is 3. The number of fused-ring (bicyclic) bond motifs is 1. The fourth-order valence-corrected chi connectivity index (χ4v) is 3.37. The van der Waals surface area contributed by atoms with Gasteiger partial charge in [0.15, 0.2) is 5.82 Å². The van der Waals surface area contributed by atoms with Crippen molar-refractivity contribution in [3.05, 3.63) is 60.2 Å². The van der Waals surface area contributed by atoms with Crippen molar-refractivity contribution < 1.29 is 18.0 Å². The van der Waals surface area contributed by atoms with Gasteiger partial charge in [-0.05, 0) is 42.8 Å². The molecule has 1 saturated heterocycles. The molecule has 1 fully saturated rings. The fraction of sp³-hybridized carbons (Fsp3) is 0.250. The lowest BCUT2D eigenvalue weighted by molar-refractivity contribution is 0.141. The van der Waals surface area contributed by atoms with Gasteiger partial charge in [0, 0.05) is 30.2 Å². The van der Waals surface area contributed by atoms with Gasteiger partial charge in [-0.1, -0.05) is 12.1 Å². The number of alkyl halides is 2. The summed E-state index contributed by atoms with van der Waals surface area (Å²) in [5.41, 5.74) is 0.931. The van der Waals surface area contributed by atoms with Crippen molar-refractivity contribution >= 4 is 28.4 Å².